The maximum atomic E-state index is 13.3. The number of nitrogens with two attached hydrogens (primary N) is 1. The van der Waals surface area contributed by atoms with Crippen LogP contribution in [0.1, 0.15) is 49.4 Å². The first-order valence-electron chi connectivity index (χ1n) is 8.64. The largest absolute Gasteiger partial charge is 0.449 e. The first-order valence-corrected chi connectivity index (χ1v) is 8.64. The highest BCUT2D eigenvalue weighted by molar-refractivity contribution is 5.97. The fourth-order valence-corrected chi connectivity index (χ4v) is 3.50. The number of halogens is 3. The Kier molecular flexibility index (Phi) is 4.50. The summed E-state index contributed by atoms with van der Waals surface area (Å²) in [4.78, 5) is 18.2. The van der Waals surface area contributed by atoms with E-state index in [1.165, 1.54) is 6.07 Å². The first-order chi connectivity index (χ1) is 12.1. The van der Waals surface area contributed by atoms with E-state index in [2.05, 4.69) is 4.98 Å². The summed E-state index contributed by atoms with van der Waals surface area (Å²) in [7, 11) is 0. The third kappa shape index (κ3) is 3.18. The van der Waals surface area contributed by atoms with Crippen molar-refractivity contribution in [1.29, 1.82) is 0 Å². The van der Waals surface area contributed by atoms with E-state index in [1.54, 1.807) is 30.9 Å². The molecule has 2 N–H and O–H groups in total. The third-order valence-electron chi connectivity index (χ3n) is 5.04. The highest BCUT2D eigenvalue weighted by Crippen LogP contribution is 2.34. The van der Waals surface area contributed by atoms with Gasteiger partial charge in [0, 0.05) is 24.7 Å². The zero-order valence-corrected chi connectivity index (χ0v) is 15.1. The van der Waals surface area contributed by atoms with Crippen LogP contribution < -0.4 is 5.73 Å². The highest BCUT2D eigenvalue weighted by atomic mass is 19.4. The Bertz CT molecular complexity index is 843. The summed E-state index contributed by atoms with van der Waals surface area (Å²) in [6, 6.07) is 4.16. The molecule has 1 aromatic carbocycles. The molecule has 1 saturated heterocycles. The first kappa shape index (κ1) is 18.7. The molecule has 0 aliphatic carbocycles. The zero-order valence-electron chi connectivity index (χ0n) is 15.1. The summed E-state index contributed by atoms with van der Waals surface area (Å²) in [6.45, 7) is 7.01. The van der Waals surface area contributed by atoms with Crippen molar-refractivity contribution in [3.8, 4) is 0 Å². The Morgan fingerprint density at radius 1 is 1.38 bits per heavy atom. The Hall–Kier alpha value is -2.09. The van der Waals surface area contributed by atoms with Crippen LogP contribution in [0, 0.1) is 5.41 Å². The number of hydrogen-bond donors (Lipinski definition) is 1. The van der Waals surface area contributed by atoms with Gasteiger partial charge in [0.2, 0.25) is 5.82 Å². The smallest absolute Gasteiger partial charge is 0.338 e. The minimum atomic E-state index is -4.55. The molecule has 1 fully saturated rings. The fraction of sp³-hybridized carbons (Fsp3) is 0.556. The van der Waals surface area contributed by atoms with E-state index < -0.39 is 18.0 Å². The minimum absolute atomic E-state index is 0.109. The summed E-state index contributed by atoms with van der Waals surface area (Å²) in [5.41, 5.74) is 6.56. The van der Waals surface area contributed by atoms with Crippen LogP contribution in [0.3, 0.4) is 0 Å². The van der Waals surface area contributed by atoms with Gasteiger partial charge in [-0.2, -0.15) is 13.2 Å². The van der Waals surface area contributed by atoms with Crippen molar-refractivity contribution in [2.75, 3.05) is 19.6 Å². The monoisotopic (exact) mass is 368 g/mol. The molecule has 142 valence electrons. The van der Waals surface area contributed by atoms with Gasteiger partial charge in [-0.15, -0.1) is 0 Å². The normalized spacial score (nSPS) is 21.2. The van der Waals surface area contributed by atoms with E-state index >= 15 is 0 Å². The number of nitrogens with zero attached hydrogens (tertiary/aromatic N) is 3. The SMILES string of the molecule is CC(C)n1c(C(F)(F)F)nc2cc(C(=O)N3CCC(C)(CN)C3)ccc21. The molecule has 5 nitrogen and oxygen atoms in total. The van der Waals surface area contributed by atoms with Crippen molar-refractivity contribution in [3.63, 3.8) is 0 Å². The number of rotatable bonds is 3. The summed E-state index contributed by atoms with van der Waals surface area (Å²) in [6.07, 6.45) is -3.73. The van der Waals surface area contributed by atoms with Crippen molar-refractivity contribution in [3.05, 3.63) is 29.6 Å². The number of imidazole rings is 1. The Morgan fingerprint density at radius 3 is 2.62 bits per heavy atom. The van der Waals surface area contributed by atoms with E-state index in [9.17, 15) is 18.0 Å². The number of fused-ring (bicyclic) bond motifs is 1. The van der Waals surface area contributed by atoms with Gasteiger partial charge in [0.25, 0.3) is 5.91 Å². The van der Waals surface area contributed by atoms with Crippen molar-refractivity contribution >= 4 is 16.9 Å². The Morgan fingerprint density at radius 2 is 2.08 bits per heavy atom. The lowest BCUT2D eigenvalue weighted by Gasteiger charge is -2.22. The van der Waals surface area contributed by atoms with E-state index in [1.807, 2.05) is 6.92 Å². The third-order valence-corrected chi connectivity index (χ3v) is 5.04. The lowest BCUT2D eigenvalue weighted by Crippen LogP contribution is -2.34. The molecule has 26 heavy (non-hydrogen) atoms. The topological polar surface area (TPSA) is 64.2 Å². The number of likely N-dealkylation sites (tertiary alicyclic amines) is 1. The fourth-order valence-electron chi connectivity index (χ4n) is 3.50. The van der Waals surface area contributed by atoms with Crippen molar-refractivity contribution in [1.82, 2.24) is 14.5 Å². The summed E-state index contributed by atoms with van der Waals surface area (Å²) < 4.78 is 41.1. The molecule has 1 amide bonds. The number of benzene rings is 1. The van der Waals surface area contributed by atoms with Crippen molar-refractivity contribution < 1.29 is 18.0 Å². The van der Waals surface area contributed by atoms with E-state index in [0.717, 1.165) is 11.0 Å². The average molecular weight is 368 g/mol. The number of carbonyl (C=O) groups is 1. The minimum Gasteiger partial charge on any atom is -0.338 e. The summed E-state index contributed by atoms with van der Waals surface area (Å²) in [5, 5.41) is 0. The molecular formula is C18H23F3N4O. The molecule has 8 heteroatoms. The van der Waals surface area contributed by atoms with Crippen LogP contribution in [0.2, 0.25) is 0 Å². The van der Waals surface area contributed by atoms with Crippen LogP contribution in [-0.4, -0.2) is 40.0 Å². The molecule has 0 saturated carbocycles. The van der Waals surface area contributed by atoms with E-state index in [4.69, 9.17) is 5.73 Å². The summed E-state index contributed by atoms with van der Waals surface area (Å²) >= 11 is 0. The number of aromatic nitrogens is 2. The quantitative estimate of drug-likeness (QED) is 0.903. The molecule has 2 heterocycles. The van der Waals surface area contributed by atoms with Crippen LogP contribution in [-0.2, 0) is 6.18 Å². The van der Waals surface area contributed by atoms with Gasteiger partial charge >= 0.3 is 6.18 Å². The Balaban J connectivity index is 1.99. The number of carbonyl (C=O) groups excluding carboxylic acids is 1. The van der Waals surface area contributed by atoms with Gasteiger partial charge in [0.15, 0.2) is 0 Å². The molecule has 1 aliphatic heterocycles. The van der Waals surface area contributed by atoms with Crippen molar-refractivity contribution in [2.45, 2.75) is 39.4 Å². The molecular weight excluding hydrogens is 345 g/mol. The maximum absolute atomic E-state index is 13.3. The number of amides is 1. The second-order valence-electron chi connectivity index (χ2n) is 7.59. The molecule has 0 bridgehead atoms. The molecule has 0 spiro atoms. The lowest BCUT2D eigenvalue weighted by atomic mass is 9.90. The molecule has 2 aromatic rings. The predicted molar refractivity (Wildman–Crippen MR) is 92.8 cm³/mol. The molecule has 1 atom stereocenters. The van der Waals surface area contributed by atoms with Crippen molar-refractivity contribution in [2.24, 2.45) is 11.1 Å². The Labute approximate surface area is 150 Å². The molecule has 1 aliphatic rings. The van der Waals surface area contributed by atoms with Gasteiger partial charge in [0.1, 0.15) is 0 Å². The zero-order chi connectivity index (χ0) is 19.3. The van der Waals surface area contributed by atoms with Gasteiger partial charge in [-0.3, -0.25) is 4.79 Å². The van der Waals surface area contributed by atoms with Crippen LogP contribution >= 0.6 is 0 Å². The standard InChI is InChI=1S/C18H23F3N4O/c1-11(2)25-14-5-4-12(8-13(14)23-16(25)18(19,20)21)15(26)24-7-6-17(3,9-22)10-24/h4-5,8,11H,6-7,9-10,22H2,1-3H3. The second kappa shape index (κ2) is 6.26. The molecule has 1 unspecified atom stereocenters. The van der Waals surface area contributed by atoms with E-state index in [-0.39, 0.29) is 16.8 Å². The predicted octanol–water partition coefficient (Wildman–Crippen LogP) is 3.45. The second-order valence-corrected chi connectivity index (χ2v) is 7.59. The van der Waals surface area contributed by atoms with Crippen LogP contribution in [0.5, 0.6) is 0 Å². The van der Waals surface area contributed by atoms with Crippen LogP contribution in [0.25, 0.3) is 11.0 Å². The van der Waals surface area contributed by atoms with Gasteiger partial charge < -0.3 is 15.2 Å². The highest BCUT2D eigenvalue weighted by Gasteiger charge is 2.39. The molecule has 1 aromatic heterocycles. The van der Waals surface area contributed by atoms with Crippen LogP contribution in [0.15, 0.2) is 18.2 Å². The number of alkyl halides is 3. The van der Waals surface area contributed by atoms with E-state index in [0.29, 0.717) is 30.7 Å². The summed E-state index contributed by atoms with van der Waals surface area (Å²) in [5.74, 6) is -1.14. The van der Waals surface area contributed by atoms with Gasteiger partial charge in [0.05, 0.1) is 11.0 Å². The molecule has 3 rings (SSSR count). The van der Waals surface area contributed by atoms with Gasteiger partial charge in [-0.25, -0.2) is 4.98 Å². The lowest BCUT2D eigenvalue weighted by molar-refractivity contribution is -0.147. The van der Waals surface area contributed by atoms with Crippen LogP contribution in [0.4, 0.5) is 13.2 Å². The number of hydrogen-bond acceptors (Lipinski definition) is 3. The van der Waals surface area contributed by atoms with Gasteiger partial charge in [-0.05, 0) is 50.4 Å². The average Bonchev–Trinajstić information content (AvgIpc) is 3.15. The van der Waals surface area contributed by atoms with Gasteiger partial charge in [-0.1, -0.05) is 6.92 Å². The molecule has 0 radical (unpaired) electrons. The maximum Gasteiger partial charge on any atom is 0.449 e.